The van der Waals surface area contributed by atoms with Gasteiger partial charge in [0.25, 0.3) is 5.91 Å². The van der Waals surface area contributed by atoms with Crippen molar-refractivity contribution in [1.82, 2.24) is 15.8 Å². The Morgan fingerprint density at radius 1 is 1.00 bits per heavy atom. The number of carbonyl (C=O) groups is 2. The highest BCUT2D eigenvalue weighted by Gasteiger charge is 2.36. The molecular weight excluding hydrogens is 440 g/mol. The lowest BCUT2D eigenvalue weighted by molar-refractivity contribution is -0.130. The van der Waals surface area contributed by atoms with Crippen molar-refractivity contribution in [2.24, 2.45) is 15.2 Å². The Morgan fingerprint density at radius 2 is 1.69 bits per heavy atom. The molecule has 35 heavy (non-hydrogen) atoms. The SMILES string of the molecule is O=C(CC1C(=O)NN=C2c3ccccc3N=CN21)NN=Cc1c2ccccc2cc2ccccc12. The van der Waals surface area contributed by atoms with E-state index in [1.54, 1.807) is 17.5 Å². The van der Waals surface area contributed by atoms with Crippen LogP contribution >= 0.6 is 0 Å². The summed E-state index contributed by atoms with van der Waals surface area (Å²) in [6, 6.07) is 25.0. The number of aliphatic imine (C=N–C) groups is 1. The van der Waals surface area contributed by atoms with Gasteiger partial charge in [0, 0.05) is 11.1 Å². The second-order valence-electron chi connectivity index (χ2n) is 8.33. The Hall–Kier alpha value is -4.85. The van der Waals surface area contributed by atoms with Crippen molar-refractivity contribution in [2.45, 2.75) is 12.5 Å². The Balaban J connectivity index is 1.23. The van der Waals surface area contributed by atoms with Crippen LogP contribution in [0.15, 0.2) is 94.1 Å². The van der Waals surface area contributed by atoms with Gasteiger partial charge in [0.1, 0.15) is 6.04 Å². The maximum Gasteiger partial charge on any atom is 0.263 e. The van der Waals surface area contributed by atoms with E-state index >= 15 is 0 Å². The first-order valence-electron chi connectivity index (χ1n) is 11.2. The molecule has 6 rings (SSSR count). The van der Waals surface area contributed by atoms with Crippen molar-refractivity contribution in [3.8, 4) is 0 Å². The number of amides is 2. The molecule has 1 unspecified atom stereocenters. The van der Waals surface area contributed by atoms with E-state index in [4.69, 9.17) is 0 Å². The van der Waals surface area contributed by atoms with E-state index in [1.165, 1.54) is 0 Å². The lowest BCUT2D eigenvalue weighted by Gasteiger charge is -2.34. The highest BCUT2D eigenvalue weighted by Crippen LogP contribution is 2.28. The quantitative estimate of drug-likeness (QED) is 0.276. The van der Waals surface area contributed by atoms with Gasteiger partial charge in [-0.1, -0.05) is 60.7 Å². The molecule has 0 radical (unpaired) electrons. The van der Waals surface area contributed by atoms with E-state index in [9.17, 15) is 9.59 Å². The summed E-state index contributed by atoms with van der Waals surface area (Å²) in [5, 5.41) is 12.7. The first-order valence-corrected chi connectivity index (χ1v) is 11.2. The minimum Gasteiger partial charge on any atom is -0.302 e. The van der Waals surface area contributed by atoms with Gasteiger partial charge in [-0.2, -0.15) is 10.2 Å². The van der Waals surface area contributed by atoms with Gasteiger partial charge >= 0.3 is 0 Å². The number of hydrogen-bond acceptors (Lipinski definition) is 6. The Morgan fingerprint density at radius 3 is 2.46 bits per heavy atom. The van der Waals surface area contributed by atoms with Crippen LogP contribution in [0.25, 0.3) is 21.5 Å². The lowest BCUT2D eigenvalue weighted by Crippen LogP contribution is -2.55. The van der Waals surface area contributed by atoms with Crippen molar-refractivity contribution in [3.63, 3.8) is 0 Å². The van der Waals surface area contributed by atoms with Gasteiger partial charge in [0.2, 0.25) is 5.91 Å². The molecule has 2 aliphatic heterocycles. The van der Waals surface area contributed by atoms with Gasteiger partial charge in [-0.15, -0.1) is 0 Å². The number of benzene rings is 4. The van der Waals surface area contributed by atoms with Crippen LogP contribution < -0.4 is 10.9 Å². The minimum atomic E-state index is -0.784. The topological polar surface area (TPSA) is 98.5 Å². The zero-order valence-corrected chi connectivity index (χ0v) is 18.6. The van der Waals surface area contributed by atoms with Crippen LogP contribution in [0.5, 0.6) is 0 Å². The molecule has 2 amide bonds. The molecule has 0 aromatic heterocycles. The molecule has 1 atom stereocenters. The molecule has 8 heteroatoms. The fourth-order valence-electron chi connectivity index (χ4n) is 4.52. The summed E-state index contributed by atoms with van der Waals surface area (Å²) in [6.07, 6.45) is 3.10. The molecule has 4 aromatic carbocycles. The van der Waals surface area contributed by atoms with Crippen molar-refractivity contribution >= 4 is 57.4 Å². The van der Waals surface area contributed by atoms with Crippen LogP contribution in [0.4, 0.5) is 5.69 Å². The van der Waals surface area contributed by atoms with E-state index in [2.05, 4.69) is 44.2 Å². The summed E-state index contributed by atoms with van der Waals surface area (Å²) in [6.45, 7) is 0. The number of hydrogen-bond donors (Lipinski definition) is 2. The summed E-state index contributed by atoms with van der Waals surface area (Å²) in [7, 11) is 0. The second kappa shape index (κ2) is 8.49. The van der Waals surface area contributed by atoms with Crippen LogP contribution in [-0.2, 0) is 9.59 Å². The van der Waals surface area contributed by atoms with Gasteiger partial charge in [-0.25, -0.2) is 15.8 Å². The standard InChI is InChI=1S/C27H20N6O2/c34-25(14-24-27(35)32-31-26-21-11-5-6-12-23(21)28-16-33(24)26)30-29-15-22-19-9-3-1-7-17(19)13-18-8-2-4-10-20(18)22/h1-13,15-16,24H,14H2,(H,30,34)(H,32,35). The number of hydrazone groups is 2. The lowest BCUT2D eigenvalue weighted by atomic mass is 9.97. The van der Waals surface area contributed by atoms with E-state index in [1.807, 2.05) is 60.7 Å². The van der Waals surface area contributed by atoms with Gasteiger partial charge in [0.05, 0.1) is 24.7 Å². The number of carbonyl (C=O) groups excluding carboxylic acids is 2. The van der Waals surface area contributed by atoms with Crippen molar-refractivity contribution in [1.29, 1.82) is 0 Å². The summed E-state index contributed by atoms with van der Waals surface area (Å²) >= 11 is 0. The van der Waals surface area contributed by atoms with Crippen molar-refractivity contribution in [2.75, 3.05) is 0 Å². The van der Waals surface area contributed by atoms with E-state index in [-0.39, 0.29) is 18.2 Å². The van der Waals surface area contributed by atoms with E-state index in [0.29, 0.717) is 5.84 Å². The molecule has 170 valence electrons. The Bertz CT molecular complexity index is 1540. The molecule has 4 aromatic rings. The van der Waals surface area contributed by atoms with E-state index in [0.717, 1.165) is 38.4 Å². The second-order valence-corrected chi connectivity index (χ2v) is 8.33. The third-order valence-electron chi connectivity index (χ3n) is 6.20. The molecule has 0 fully saturated rings. The molecule has 2 N–H and O–H groups in total. The largest absolute Gasteiger partial charge is 0.302 e. The van der Waals surface area contributed by atoms with Gasteiger partial charge in [-0.05, 0) is 39.7 Å². The number of fused-ring (bicyclic) bond motifs is 5. The van der Waals surface area contributed by atoms with Crippen molar-refractivity contribution < 1.29 is 9.59 Å². The fraction of sp³-hybridized carbons (Fsp3) is 0.0741. The number of nitrogens with one attached hydrogen (secondary N) is 2. The molecule has 2 aliphatic rings. The molecule has 0 saturated carbocycles. The van der Waals surface area contributed by atoms with E-state index < -0.39 is 6.04 Å². The van der Waals surface area contributed by atoms with Crippen LogP contribution in [0.3, 0.4) is 0 Å². The Labute approximate surface area is 200 Å². The fourth-order valence-corrected chi connectivity index (χ4v) is 4.52. The smallest absolute Gasteiger partial charge is 0.263 e. The molecule has 0 spiro atoms. The number of amidine groups is 1. The zero-order valence-electron chi connectivity index (χ0n) is 18.6. The first-order chi connectivity index (χ1) is 17.2. The van der Waals surface area contributed by atoms with Crippen LogP contribution in [-0.4, -0.2) is 41.1 Å². The summed E-state index contributed by atoms with van der Waals surface area (Å²) in [5.41, 5.74) is 7.58. The predicted octanol–water partition coefficient (Wildman–Crippen LogP) is 3.67. The zero-order chi connectivity index (χ0) is 23.8. The molecule has 0 aliphatic carbocycles. The van der Waals surface area contributed by atoms with Gasteiger partial charge in [-0.3, -0.25) is 9.59 Å². The monoisotopic (exact) mass is 460 g/mol. The van der Waals surface area contributed by atoms with Gasteiger partial charge < -0.3 is 4.90 Å². The third-order valence-corrected chi connectivity index (χ3v) is 6.20. The number of nitrogens with zero attached hydrogens (tertiary/aromatic N) is 4. The normalized spacial score (nSPS) is 16.7. The average molecular weight is 460 g/mol. The molecule has 0 bridgehead atoms. The molecule has 0 saturated heterocycles. The van der Waals surface area contributed by atoms with Crippen molar-refractivity contribution in [3.05, 3.63) is 90.0 Å². The third kappa shape index (κ3) is 3.71. The highest BCUT2D eigenvalue weighted by atomic mass is 16.2. The molecule has 2 heterocycles. The summed E-state index contributed by atoms with van der Waals surface area (Å²) < 4.78 is 0. The molecular formula is C27H20N6O2. The predicted molar refractivity (Wildman–Crippen MR) is 137 cm³/mol. The van der Waals surface area contributed by atoms with Gasteiger partial charge in [0.15, 0.2) is 5.84 Å². The molecule has 8 nitrogen and oxygen atoms in total. The van der Waals surface area contributed by atoms with Crippen LogP contribution in [0, 0.1) is 0 Å². The van der Waals surface area contributed by atoms with Crippen LogP contribution in [0.1, 0.15) is 17.5 Å². The number of para-hydroxylation sites is 1. The first kappa shape index (κ1) is 20.7. The summed E-state index contributed by atoms with van der Waals surface area (Å²) in [5.74, 6) is -0.211. The maximum atomic E-state index is 12.8. The van der Waals surface area contributed by atoms with Crippen LogP contribution in [0.2, 0.25) is 0 Å². The summed E-state index contributed by atoms with van der Waals surface area (Å²) in [4.78, 5) is 31.4. The number of rotatable bonds is 4. The average Bonchev–Trinajstić information content (AvgIpc) is 2.89. The minimum absolute atomic E-state index is 0.104. The Kier molecular flexibility index (Phi) is 5.03. The maximum absolute atomic E-state index is 12.8. The highest BCUT2D eigenvalue weighted by molar-refractivity contribution is 6.15.